The molecular weight excluding hydrogens is 350 g/mol. The molecule has 7 unspecified atom stereocenters. The maximum absolute atomic E-state index is 3.55. The van der Waals surface area contributed by atoms with Crippen LogP contribution < -0.4 is 5.32 Å². The number of rotatable bonds is 6. The predicted octanol–water partition coefficient (Wildman–Crippen LogP) is 7.54. The lowest BCUT2D eigenvalue weighted by atomic mass is 9.50. The second kappa shape index (κ2) is 8.18. The van der Waals surface area contributed by atoms with Gasteiger partial charge in [0, 0.05) is 6.04 Å². The van der Waals surface area contributed by atoms with E-state index in [1.54, 1.807) is 5.57 Å². The normalized spacial score (nSPS) is 42.6. The summed E-state index contributed by atoms with van der Waals surface area (Å²) in [6, 6.07) is 0.695. The molecule has 29 heavy (non-hydrogen) atoms. The summed E-state index contributed by atoms with van der Waals surface area (Å²) in [5.41, 5.74) is 4.62. The van der Waals surface area contributed by atoms with E-state index in [-0.39, 0.29) is 0 Å². The molecule has 0 bridgehead atoms. The van der Waals surface area contributed by atoms with E-state index in [9.17, 15) is 0 Å². The van der Waals surface area contributed by atoms with Gasteiger partial charge in [0.25, 0.3) is 0 Å². The minimum absolute atomic E-state index is 0.444. The van der Waals surface area contributed by atoms with Crippen LogP contribution in [0.1, 0.15) is 98.8 Å². The van der Waals surface area contributed by atoms with Crippen molar-refractivity contribution in [2.75, 3.05) is 7.05 Å². The van der Waals surface area contributed by atoms with Crippen molar-refractivity contribution in [3.63, 3.8) is 0 Å². The van der Waals surface area contributed by atoms with Gasteiger partial charge in [0.2, 0.25) is 0 Å². The van der Waals surface area contributed by atoms with Gasteiger partial charge in [-0.2, -0.15) is 0 Å². The standard InChI is InChI=1S/C28H47N/c1-19(2)8-7-9-20(3)24-12-13-25-23-11-10-21-18-22(29-6)14-16-27(21,4)26(23)15-17-28(24,25)5/h10-11,19-20,22,24-26,29H,7-9,12-18H2,1-6H3. The first-order valence-corrected chi connectivity index (χ1v) is 12.9. The van der Waals surface area contributed by atoms with Crippen LogP contribution in [0.2, 0.25) is 0 Å². The smallest absolute Gasteiger partial charge is 0.0102 e. The summed E-state index contributed by atoms with van der Waals surface area (Å²) in [6.45, 7) is 12.6. The van der Waals surface area contributed by atoms with Crippen molar-refractivity contribution in [2.24, 2.45) is 40.4 Å². The molecule has 0 aromatic carbocycles. The lowest BCUT2D eigenvalue weighted by Crippen LogP contribution is -2.47. The molecule has 0 heterocycles. The maximum Gasteiger partial charge on any atom is 0.0102 e. The molecule has 0 aromatic heterocycles. The van der Waals surface area contributed by atoms with Crippen molar-refractivity contribution in [2.45, 2.75) is 105 Å². The second-order valence-corrected chi connectivity index (χ2v) is 12.1. The molecule has 1 nitrogen and oxygen atoms in total. The Morgan fingerprint density at radius 1 is 0.966 bits per heavy atom. The number of nitrogens with one attached hydrogen (secondary N) is 1. The second-order valence-electron chi connectivity index (χ2n) is 12.1. The first-order valence-electron chi connectivity index (χ1n) is 12.9. The summed E-state index contributed by atoms with van der Waals surface area (Å²) in [5.74, 6) is 4.39. The molecule has 0 saturated heterocycles. The topological polar surface area (TPSA) is 12.0 Å². The first-order chi connectivity index (χ1) is 13.8. The fourth-order valence-corrected chi connectivity index (χ4v) is 8.27. The lowest BCUT2D eigenvalue weighted by molar-refractivity contribution is 0.0458. The SMILES string of the molecule is CNC1CCC2(C)C(=CC=C3C2CCC2(C)C3CCC2C(C)CCCC(C)C)C1. The molecule has 0 aliphatic heterocycles. The van der Waals surface area contributed by atoms with E-state index in [0.29, 0.717) is 16.9 Å². The summed E-state index contributed by atoms with van der Waals surface area (Å²) >= 11 is 0. The van der Waals surface area contributed by atoms with Crippen molar-refractivity contribution in [1.29, 1.82) is 0 Å². The van der Waals surface area contributed by atoms with Gasteiger partial charge in [0.15, 0.2) is 0 Å². The fourth-order valence-electron chi connectivity index (χ4n) is 8.27. The Labute approximate surface area is 181 Å². The molecule has 3 saturated carbocycles. The highest BCUT2D eigenvalue weighted by Crippen LogP contribution is 2.66. The van der Waals surface area contributed by atoms with E-state index in [1.165, 1.54) is 64.2 Å². The van der Waals surface area contributed by atoms with Crippen LogP contribution in [0, 0.1) is 40.4 Å². The van der Waals surface area contributed by atoms with Gasteiger partial charge in [-0.3, -0.25) is 0 Å². The molecule has 7 atom stereocenters. The molecule has 0 spiro atoms. The quantitative estimate of drug-likeness (QED) is 0.488. The van der Waals surface area contributed by atoms with Gasteiger partial charge in [0.05, 0.1) is 0 Å². The monoisotopic (exact) mass is 397 g/mol. The Morgan fingerprint density at radius 2 is 1.76 bits per heavy atom. The summed E-state index contributed by atoms with van der Waals surface area (Å²) in [5, 5.41) is 3.55. The zero-order valence-electron chi connectivity index (χ0n) is 20.2. The number of fused-ring (bicyclic) bond motifs is 5. The zero-order chi connectivity index (χ0) is 20.8. The van der Waals surface area contributed by atoms with E-state index < -0.39 is 0 Å². The highest BCUT2D eigenvalue weighted by atomic mass is 14.9. The van der Waals surface area contributed by atoms with Gasteiger partial charge in [-0.05, 0) is 92.4 Å². The molecule has 0 aromatic rings. The van der Waals surface area contributed by atoms with Crippen LogP contribution in [0.25, 0.3) is 0 Å². The van der Waals surface area contributed by atoms with Gasteiger partial charge in [-0.25, -0.2) is 0 Å². The van der Waals surface area contributed by atoms with Crippen LogP contribution >= 0.6 is 0 Å². The highest BCUT2D eigenvalue weighted by Gasteiger charge is 2.56. The minimum atomic E-state index is 0.444. The molecule has 164 valence electrons. The molecule has 0 radical (unpaired) electrons. The van der Waals surface area contributed by atoms with Gasteiger partial charge < -0.3 is 5.32 Å². The largest absolute Gasteiger partial charge is 0.317 e. The van der Waals surface area contributed by atoms with Crippen molar-refractivity contribution in [3.05, 3.63) is 23.3 Å². The number of hydrogen-bond acceptors (Lipinski definition) is 1. The van der Waals surface area contributed by atoms with Crippen LogP contribution in [0.15, 0.2) is 23.3 Å². The summed E-state index contributed by atoms with van der Waals surface area (Å²) in [7, 11) is 2.14. The van der Waals surface area contributed by atoms with E-state index in [4.69, 9.17) is 0 Å². The Balaban J connectivity index is 1.52. The van der Waals surface area contributed by atoms with Gasteiger partial charge >= 0.3 is 0 Å². The van der Waals surface area contributed by atoms with Crippen LogP contribution in [0.5, 0.6) is 0 Å². The molecule has 0 amide bonds. The molecule has 4 aliphatic rings. The Hall–Kier alpha value is -0.560. The molecule has 1 N–H and O–H groups in total. The number of allylic oxidation sites excluding steroid dienone is 3. The van der Waals surface area contributed by atoms with E-state index in [2.05, 4.69) is 59.1 Å². The van der Waals surface area contributed by atoms with Crippen LogP contribution in [0.3, 0.4) is 0 Å². The Morgan fingerprint density at radius 3 is 2.48 bits per heavy atom. The third-order valence-corrected chi connectivity index (χ3v) is 10.2. The Kier molecular flexibility index (Phi) is 6.11. The van der Waals surface area contributed by atoms with Crippen LogP contribution in [-0.4, -0.2) is 13.1 Å². The highest BCUT2D eigenvalue weighted by molar-refractivity contribution is 5.39. The van der Waals surface area contributed by atoms with Crippen molar-refractivity contribution < 1.29 is 0 Å². The first kappa shape index (κ1) is 21.7. The van der Waals surface area contributed by atoms with Gasteiger partial charge in [0.1, 0.15) is 0 Å². The third kappa shape index (κ3) is 3.68. The van der Waals surface area contributed by atoms with Crippen molar-refractivity contribution >= 4 is 0 Å². The maximum atomic E-state index is 3.55. The summed E-state index contributed by atoms with van der Waals surface area (Å²) < 4.78 is 0. The summed E-state index contributed by atoms with van der Waals surface area (Å²) in [6.07, 6.45) is 19.3. The van der Waals surface area contributed by atoms with Gasteiger partial charge in [-0.1, -0.05) is 77.2 Å². The molecule has 4 aliphatic carbocycles. The fraction of sp³-hybridized carbons (Fsp3) is 0.857. The number of hydrogen-bond donors (Lipinski definition) is 1. The van der Waals surface area contributed by atoms with E-state index in [1.807, 2.05) is 5.57 Å². The van der Waals surface area contributed by atoms with E-state index in [0.717, 1.165) is 29.6 Å². The molecule has 4 rings (SSSR count). The third-order valence-electron chi connectivity index (χ3n) is 10.2. The van der Waals surface area contributed by atoms with Gasteiger partial charge in [-0.15, -0.1) is 0 Å². The predicted molar refractivity (Wildman–Crippen MR) is 126 cm³/mol. The molecule has 1 heteroatoms. The van der Waals surface area contributed by atoms with Crippen LogP contribution in [0.4, 0.5) is 0 Å². The Bertz CT molecular complexity index is 657. The lowest BCUT2D eigenvalue weighted by Gasteiger charge is -2.55. The van der Waals surface area contributed by atoms with E-state index >= 15 is 0 Å². The average molecular weight is 398 g/mol. The van der Waals surface area contributed by atoms with Crippen molar-refractivity contribution in [1.82, 2.24) is 5.32 Å². The van der Waals surface area contributed by atoms with Crippen molar-refractivity contribution in [3.8, 4) is 0 Å². The van der Waals surface area contributed by atoms with Crippen LogP contribution in [-0.2, 0) is 0 Å². The average Bonchev–Trinajstić information content (AvgIpc) is 3.04. The molecule has 3 fully saturated rings. The molecular formula is C28H47N. The minimum Gasteiger partial charge on any atom is -0.317 e. The summed E-state index contributed by atoms with van der Waals surface area (Å²) in [4.78, 5) is 0. The zero-order valence-corrected chi connectivity index (χ0v) is 20.2.